The van der Waals surface area contributed by atoms with Gasteiger partial charge in [-0.1, -0.05) is 0 Å². The molecule has 0 radical (unpaired) electrons. The molecule has 29 heavy (non-hydrogen) atoms. The molecule has 0 aromatic heterocycles. The van der Waals surface area contributed by atoms with Crippen molar-refractivity contribution < 1.29 is 22.9 Å². The van der Waals surface area contributed by atoms with Crippen LogP contribution in [0, 0.1) is 10.1 Å². The second kappa shape index (κ2) is 9.34. The Bertz CT molecular complexity index is 988. The van der Waals surface area contributed by atoms with Gasteiger partial charge in [-0.2, -0.15) is 0 Å². The standard InChI is InChI=1S/C18H22N4O6S/c1-4-21(5-2)14-8-6-13(7-9-14)18(23)19-20-29(26,27)17-12-15(22(24)25)10-11-16(17)28-3/h6-12,20H,4-5H2,1-3H3,(H,19,23). The lowest BCUT2D eigenvalue weighted by Crippen LogP contribution is -2.41. The molecule has 0 saturated heterocycles. The first kappa shape index (κ1) is 22.1. The van der Waals surface area contributed by atoms with Crippen LogP contribution in [0.5, 0.6) is 5.75 Å². The number of nitrogens with one attached hydrogen (secondary N) is 2. The van der Waals surface area contributed by atoms with Gasteiger partial charge in [-0.05, 0) is 44.2 Å². The Hall–Kier alpha value is -3.18. The van der Waals surface area contributed by atoms with E-state index in [0.717, 1.165) is 30.9 Å². The molecule has 11 heteroatoms. The molecule has 0 fully saturated rings. The Morgan fingerprint density at radius 3 is 2.28 bits per heavy atom. The Morgan fingerprint density at radius 2 is 1.76 bits per heavy atom. The van der Waals surface area contributed by atoms with Crippen molar-refractivity contribution in [3.05, 3.63) is 58.1 Å². The van der Waals surface area contributed by atoms with Crippen LogP contribution in [0.15, 0.2) is 47.4 Å². The number of hydrogen-bond acceptors (Lipinski definition) is 7. The number of methoxy groups -OCH3 is 1. The van der Waals surface area contributed by atoms with Crippen molar-refractivity contribution in [3.8, 4) is 5.75 Å². The van der Waals surface area contributed by atoms with Gasteiger partial charge in [0.1, 0.15) is 10.6 Å². The van der Waals surface area contributed by atoms with E-state index in [1.807, 2.05) is 18.7 Å². The van der Waals surface area contributed by atoms with Gasteiger partial charge >= 0.3 is 0 Å². The van der Waals surface area contributed by atoms with E-state index >= 15 is 0 Å². The molecule has 0 aliphatic rings. The summed E-state index contributed by atoms with van der Waals surface area (Å²) >= 11 is 0. The van der Waals surface area contributed by atoms with Crippen molar-refractivity contribution >= 4 is 27.3 Å². The molecule has 0 bridgehead atoms. The van der Waals surface area contributed by atoms with E-state index in [0.29, 0.717) is 0 Å². The van der Waals surface area contributed by atoms with E-state index in [9.17, 15) is 23.3 Å². The van der Waals surface area contributed by atoms with Crippen molar-refractivity contribution in [2.45, 2.75) is 18.7 Å². The smallest absolute Gasteiger partial charge is 0.271 e. The predicted octanol–water partition coefficient (Wildman–Crippen LogP) is 2.07. The zero-order chi connectivity index (χ0) is 21.6. The lowest BCUT2D eigenvalue weighted by molar-refractivity contribution is -0.385. The van der Waals surface area contributed by atoms with Gasteiger partial charge in [0, 0.05) is 36.5 Å². The first-order valence-electron chi connectivity index (χ1n) is 8.73. The van der Waals surface area contributed by atoms with Crippen LogP contribution in [-0.2, 0) is 10.0 Å². The van der Waals surface area contributed by atoms with Crippen LogP contribution in [0.25, 0.3) is 0 Å². The summed E-state index contributed by atoms with van der Waals surface area (Å²) in [6, 6.07) is 9.82. The molecule has 0 heterocycles. The number of anilines is 1. The second-order valence-corrected chi connectivity index (χ2v) is 7.52. The molecule has 2 aromatic carbocycles. The van der Waals surface area contributed by atoms with Gasteiger partial charge in [0.2, 0.25) is 0 Å². The van der Waals surface area contributed by atoms with E-state index in [-0.39, 0.29) is 11.3 Å². The highest BCUT2D eigenvalue weighted by Gasteiger charge is 2.24. The number of nitro groups is 1. The minimum Gasteiger partial charge on any atom is -0.495 e. The topological polar surface area (TPSA) is 131 Å². The maximum Gasteiger partial charge on any atom is 0.271 e. The minimum absolute atomic E-state index is 0.0964. The number of non-ortho nitro benzene ring substituents is 1. The number of amides is 1. The van der Waals surface area contributed by atoms with Crippen LogP contribution < -0.4 is 19.9 Å². The average Bonchev–Trinajstić information content (AvgIpc) is 2.73. The third-order valence-corrected chi connectivity index (χ3v) is 5.47. The first-order chi connectivity index (χ1) is 13.7. The number of hydrogen-bond donors (Lipinski definition) is 2. The predicted molar refractivity (Wildman–Crippen MR) is 107 cm³/mol. The van der Waals surface area contributed by atoms with Crippen molar-refractivity contribution in [3.63, 3.8) is 0 Å². The Kier molecular flexibility index (Phi) is 7.13. The Labute approximate surface area is 168 Å². The van der Waals surface area contributed by atoms with Gasteiger partial charge in [-0.25, -0.2) is 8.42 Å². The molecule has 0 aliphatic heterocycles. The molecule has 0 spiro atoms. The molecule has 1 amide bonds. The van der Waals surface area contributed by atoms with Crippen molar-refractivity contribution in [1.29, 1.82) is 0 Å². The highest BCUT2D eigenvalue weighted by Crippen LogP contribution is 2.27. The summed E-state index contributed by atoms with van der Waals surface area (Å²) in [5.74, 6) is -0.773. The van der Waals surface area contributed by atoms with Crippen LogP contribution >= 0.6 is 0 Å². The fourth-order valence-electron chi connectivity index (χ4n) is 2.64. The van der Waals surface area contributed by atoms with E-state index in [1.54, 1.807) is 24.3 Å². The number of nitro benzene ring substituents is 1. The summed E-state index contributed by atoms with van der Waals surface area (Å²) in [7, 11) is -3.08. The molecule has 0 saturated carbocycles. The largest absolute Gasteiger partial charge is 0.495 e. The third kappa shape index (κ3) is 5.21. The second-order valence-electron chi connectivity index (χ2n) is 5.87. The van der Waals surface area contributed by atoms with Gasteiger partial charge in [0.05, 0.1) is 12.0 Å². The molecule has 0 unspecified atom stereocenters. The summed E-state index contributed by atoms with van der Waals surface area (Å²) in [6.45, 7) is 5.65. The SMILES string of the molecule is CCN(CC)c1ccc(C(=O)NNS(=O)(=O)c2cc([N+](=O)[O-])ccc2OC)cc1. The maximum absolute atomic E-state index is 12.5. The molecule has 0 atom stereocenters. The van der Waals surface area contributed by atoms with Crippen molar-refractivity contribution in [2.75, 3.05) is 25.1 Å². The summed E-state index contributed by atoms with van der Waals surface area (Å²) in [6.07, 6.45) is 0. The zero-order valence-electron chi connectivity index (χ0n) is 16.2. The summed E-state index contributed by atoms with van der Waals surface area (Å²) in [4.78, 5) is 26.0. The first-order valence-corrected chi connectivity index (χ1v) is 10.2. The zero-order valence-corrected chi connectivity index (χ0v) is 17.0. The highest BCUT2D eigenvalue weighted by molar-refractivity contribution is 7.89. The fourth-order valence-corrected chi connectivity index (χ4v) is 3.67. The minimum atomic E-state index is -4.31. The lowest BCUT2D eigenvalue weighted by atomic mass is 10.2. The number of sulfonamides is 1. The number of ether oxygens (including phenoxy) is 1. The van der Waals surface area contributed by atoms with Gasteiger partial charge in [-0.15, -0.1) is 4.83 Å². The summed E-state index contributed by atoms with van der Waals surface area (Å²) in [5.41, 5.74) is 2.86. The Morgan fingerprint density at radius 1 is 1.14 bits per heavy atom. The third-order valence-electron chi connectivity index (χ3n) is 4.20. The number of carbonyl (C=O) groups excluding carboxylic acids is 1. The normalized spacial score (nSPS) is 11.0. The molecule has 10 nitrogen and oxygen atoms in total. The number of hydrazine groups is 1. The number of carbonyl (C=O) groups is 1. The van der Waals surface area contributed by atoms with Gasteiger partial charge in [0.25, 0.3) is 21.6 Å². The van der Waals surface area contributed by atoms with Crippen LogP contribution in [0.1, 0.15) is 24.2 Å². The molecule has 2 rings (SSSR count). The number of benzene rings is 2. The number of nitrogens with zero attached hydrogens (tertiary/aromatic N) is 2. The van der Waals surface area contributed by atoms with Gasteiger partial charge < -0.3 is 9.64 Å². The van der Waals surface area contributed by atoms with E-state index < -0.39 is 31.4 Å². The van der Waals surface area contributed by atoms with Crippen LogP contribution in [0.2, 0.25) is 0 Å². The molecule has 0 aliphatic carbocycles. The average molecular weight is 422 g/mol. The van der Waals surface area contributed by atoms with E-state index in [2.05, 4.69) is 10.3 Å². The molecule has 2 aromatic rings. The monoisotopic (exact) mass is 422 g/mol. The summed E-state index contributed by atoms with van der Waals surface area (Å²) < 4.78 is 30.0. The lowest BCUT2D eigenvalue weighted by Gasteiger charge is -2.21. The molecule has 156 valence electrons. The number of rotatable bonds is 9. The quantitative estimate of drug-likeness (QED) is 0.467. The molecular weight excluding hydrogens is 400 g/mol. The van der Waals surface area contributed by atoms with Gasteiger partial charge in [0.15, 0.2) is 0 Å². The Balaban J connectivity index is 2.17. The molecular formula is C18H22N4O6S. The summed E-state index contributed by atoms with van der Waals surface area (Å²) in [5, 5.41) is 10.9. The van der Waals surface area contributed by atoms with E-state index in [1.165, 1.54) is 13.2 Å². The van der Waals surface area contributed by atoms with Crippen molar-refractivity contribution in [2.24, 2.45) is 0 Å². The van der Waals surface area contributed by atoms with Crippen LogP contribution in [0.3, 0.4) is 0 Å². The van der Waals surface area contributed by atoms with Crippen LogP contribution in [0.4, 0.5) is 11.4 Å². The highest BCUT2D eigenvalue weighted by atomic mass is 32.2. The molecule has 2 N–H and O–H groups in total. The fraction of sp³-hybridized carbons (Fsp3) is 0.278. The maximum atomic E-state index is 12.5. The van der Waals surface area contributed by atoms with E-state index in [4.69, 9.17) is 4.74 Å². The van der Waals surface area contributed by atoms with Crippen molar-refractivity contribution in [1.82, 2.24) is 10.3 Å². The van der Waals surface area contributed by atoms with Gasteiger partial charge in [-0.3, -0.25) is 20.3 Å². The van der Waals surface area contributed by atoms with Crippen LogP contribution in [-0.4, -0.2) is 39.4 Å².